The SMILES string of the molecule is CCCCCCCC/C=C\CCCCCCCC(=O)N[C@@H](COC(=O)/C=C\C(=O)O)[C@H](O)[C@H](O)CCCCCCCCCCCCCC. The van der Waals surface area contributed by atoms with Gasteiger partial charge in [-0.25, -0.2) is 9.59 Å². The second kappa shape index (κ2) is 34.7. The van der Waals surface area contributed by atoms with Gasteiger partial charge in [-0.15, -0.1) is 0 Å². The number of ether oxygens (including phenoxy) is 1. The molecule has 0 aliphatic rings. The summed E-state index contributed by atoms with van der Waals surface area (Å²) in [4.78, 5) is 35.3. The molecule has 1 amide bonds. The second-order valence-electron chi connectivity index (χ2n) is 13.5. The molecule has 0 heterocycles. The number of allylic oxidation sites excluding steroid dienone is 2. The van der Waals surface area contributed by atoms with Crippen LogP contribution in [0.3, 0.4) is 0 Å². The Balaban J connectivity index is 4.36. The van der Waals surface area contributed by atoms with Gasteiger partial charge in [-0.2, -0.15) is 0 Å². The third-order valence-corrected chi connectivity index (χ3v) is 8.94. The van der Waals surface area contributed by atoms with Crippen molar-refractivity contribution in [3.8, 4) is 0 Å². The molecule has 4 N–H and O–H groups in total. The van der Waals surface area contributed by atoms with Crippen molar-refractivity contribution < 1.29 is 34.4 Å². The first-order valence-electron chi connectivity index (χ1n) is 19.7. The zero-order valence-electron chi connectivity index (χ0n) is 30.8. The van der Waals surface area contributed by atoms with Crippen LogP contribution in [0.5, 0.6) is 0 Å². The summed E-state index contributed by atoms with van der Waals surface area (Å²) >= 11 is 0. The topological polar surface area (TPSA) is 133 Å². The maximum Gasteiger partial charge on any atom is 0.331 e. The Bertz CT molecular complexity index is 828. The predicted molar refractivity (Wildman–Crippen MR) is 197 cm³/mol. The Morgan fingerprint density at radius 2 is 1.04 bits per heavy atom. The van der Waals surface area contributed by atoms with Crippen LogP contribution in [-0.4, -0.2) is 58.0 Å². The highest BCUT2D eigenvalue weighted by atomic mass is 16.5. The van der Waals surface area contributed by atoms with Crippen molar-refractivity contribution in [2.45, 2.75) is 205 Å². The minimum absolute atomic E-state index is 0.272. The second-order valence-corrected chi connectivity index (χ2v) is 13.5. The molecular weight excluding hydrogens is 606 g/mol. The Morgan fingerprint density at radius 1 is 0.604 bits per heavy atom. The molecule has 0 rings (SSSR count). The van der Waals surface area contributed by atoms with E-state index in [2.05, 4.69) is 31.3 Å². The quantitative estimate of drug-likeness (QED) is 0.0227. The number of aliphatic carboxylic acids is 1. The van der Waals surface area contributed by atoms with Crippen molar-refractivity contribution in [2.75, 3.05) is 6.61 Å². The third kappa shape index (κ3) is 31.1. The number of carboxylic acids is 1. The lowest BCUT2D eigenvalue weighted by atomic mass is 9.99. The average molecular weight is 680 g/mol. The molecule has 0 unspecified atom stereocenters. The minimum Gasteiger partial charge on any atom is -0.478 e. The number of carbonyl (C=O) groups excluding carboxylic acids is 2. The molecule has 0 saturated carbocycles. The van der Waals surface area contributed by atoms with E-state index in [-0.39, 0.29) is 18.9 Å². The van der Waals surface area contributed by atoms with Crippen LogP contribution in [0.2, 0.25) is 0 Å². The maximum atomic E-state index is 12.7. The molecule has 0 fully saturated rings. The van der Waals surface area contributed by atoms with Gasteiger partial charge in [0.1, 0.15) is 12.7 Å². The number of rotatable bonds is 35. The molecule has 0 aromatic heterocycles. The summed E-state index contributed by atoms with van der Waals surface area (Å²) in [6.07, 6.45) is 33.9. The average Bonchev–Trinajstić information content (AvgIpc) is 3.07. The highest BCUT2D eigenvalue weighted by Crippen LogP contribution is 2.16. The monoisotopic (exact) mass is 680 g/mol. The van der Waals surface area contributed by atoms with E-state index in [1.54, 1.807) is 0 Å². The summed E-state index contributed by atoms with van der Waals surface area (Å²) in [6.45, 7) is 4.12. The van der Waals surface area contributed by atoms with Gasteiger partial charge >= 0.3 is 11.9 Å². The standard InChI is InChI=1S/C40H73NO7/c1-3-5-7-9-11-13-15-17-18-19-21-23-25-27-29-31-37(43)41-35(34-48-39(46)33-32-38(44)45)40(47)36(42)30-28-26-24-22-20-16-14-12-10-8-6-4-2/h17-18,32-33,35-36,40,42,47H,3-16,19-31,34H2,1-2H3,(H,41,43)(H,44,45)/b18-17-,33-32-/t35-,36+,40-/m0/s1. The molecule has 0 spiro atoms. The Morgan fingerprint density at radius 3 is 1.52 bits per heavy atom. The molecule has 0 aliphatic carbocycles. The first-order valence-corrected chi connectivity index (χ1v) is 19.7. The lowest BCUT2D eigenvalue weighted by Crippen LogP contribution is -2.51. The summed E-state index contributed by atoms with van der Waals surface area (Å²) in [7, 11) is 0. The van der Waals surface area contributed by atoms with E-state index in [0.717, 1.165) is 57.4 Å². The third-order valence-electron chi connectivity index (χ3n) is 8.94. The number of hydrogen-bond donors (Lipinski definition) is 4. The fourth-order valence-electron chi connectivity index (χ4n) is 5.85. The van der Waals surface area contributed by atoms with E-state index < -0.39 is 30.2 Å². The molecule has 0 aromatic rings. The summed E-state index contributed by atoms with van der Waals surface area (Å²) < 4.78 is 5.09. The Kier molecular flexibility index (Phi) is 33.1. The van der Waals surface area contributed by atoms with Gasteiger partial charge in [0.2, 0.25) is 5.91 Å². The molecule has 8 nitrogen and oxygen atoms in total. The first kappa shape index (κ1) is 45.8. The van der Waals surface area contributed by atoms with E-state index in [0.29, 0.717) is 18.9 Å². The minimum atomic E-state index is -1.31. The molecule has 0 radical (unpaired) electrons. The van der Waals surface area contributed by atoms with Gasteiger partial charge in [-0.1, -0.05) is 154 Å². The van der Waals surface area contributed by atoms with Gasteiger partial charge in [0.15, 0.2) is 0 Å². The maximum absolute atomic E-state index is 12.7. The fourth-order valence-corrected chi connectivity index (χ4v) is 5.85. The van der Waals surface area contributed by atoms with Crippen LogP contribution in [0.4, 0.5) is 0 Å². The summed E-state index contributed by atoms with van der Waals surface area (Å²) in [5.41, 5.74) is 0. The molecule has 0 bridgehead atoms. The van der Waals surface area contributed by atoms with E-state index in [4.69, 9.17) is 9.84 Å². The Hall–Kier alpha value is -2.19. The Labute approximate surface area is 293 Å². The number of carbonyl (C=O) groups is 3. The van der Waals surface area contributed by atoms with E-state index >= 15 is 0 Å². The van der Waals surface area contributed by atoms with Crippen LogP contribution < -0.4 is 5.32 Å². The van der Waals surface area contributed by atoms with Gasteiger partial charge in [0.05, 0.1) is 12.1 Å². The van der Waals surface area contributed by atoms with Gasteiger partial charge in [-0.05, 0) is 38.5 Å². The number of unbranched alkanes of at least 4 members (excludes halogenated alkanes) is 22. The van der Waals surface area contributed by atoms with Crippen LogP contribution in [0.15, 0.2) is 24.3 Å². The van der Waals surface area contributed by atoms with Crippen molar-refractivity contribution in [1.82, 2.24) is 5.32 Å². The van der Waals surface area contributed by atoms with Crippen molar-refractivity contribution in [3.63, 3.8) is 0 Å². The van der Waals surface area contributed by atoms with Crippen molar-refractivity contribution in [3.05, 3.63) is 24.3 Å². The fraction of sp³-hybridized carbons (Fsp3) is 0.825. The normalized spacial score (nSPS) is 13.6. The van der Waals surface area contributed by atoms with Gasteiger partial charge in [0, 0.05) is 18.6 Å². The highest BCUT2D eigenvalue weighted by molar-refractivity contribution is 5.90. The molecule has 48 heavy (non-hydrogen) atoms. The van der Waals surface area contributed by atoms with Crippen molar-refractivity contribution in [2.24, 2.45) is 0 Å². The molecule has 0 saturated heterocycles. The van der Waals surface area contributed by atoms with E-state index in [1.165, 1.54) is 103 Å². The number of esters is 1. The van der Waals surface area contributed by atoms with Crippen LogP contribution in [0.25, 0.3) is 0 Å². The van der Waals surface area contributed by atoms with Gasteiger partial charge in [0.25, 0.3) is 0 Å². The summed E-state index contributed by atoms with van der Waals surface area (Å²) in [5, 5.41) is 33.0. The van der Waals surface area contributed by atoms with Crippen molar-refractivity contribution >= 4 is 17.8 Å². The predicted octanol–water partition coefficient (Wildman–Crippen LogP) is 9.51. The lowest BCUT2D eigenvalue weighted by molar-refractivity contribution is -0.142. The number of amides is 1. The van der Waals surface area contributed by atoms with E-state index in [9.17, 15) is 24.6 Å². The van der Waals surface area contributed by atoms with Crippen LogP contribution in [-0.2, 0) is 19.1 Å². The number of carboxylic acid groups (broad SMARTS) is 1. The first-order chi connectivity index (χ1) is 23.3. The number of aliphatic hydroxyl groups excluding tert-OH is 2. The number of nitrogens with one attached hydrogen (secondary N) is 1. The lowest BCUT2D eigenvalue weighted by Gasteiger charge is -2.27. The summed E-state index contributed by atoms with van der Waals surface area (Å²) in [6, 6.07) is -0.991. The van der Waals surface area contributed by atoms with Crippen LogP contribution >= 0.6 is 0 Å². The van der Waals surface area contributed by atoms with Crippen LogP contribution in [0, 0.1) is 0 Å². The largest absolute Gasteiger partial charge is 0.478 e. The molecule has 3 atom stereocenters. The van der Waals surface area contributed by atoms with Gasteiger partial charge < -0.3 is 25.4 Å². The summed E-state index contributed by atoms with van der Waals surface area (Å²) in [5.74, 6) is -2.45. The smallest absolute Gasteiger partial charge is 0.331 e. The van der Waals surface area contributed by atoms with E-state index in [1.807, 2.05) is 0 Å². The zero-order chi connectivity index (χ0) is 35.5. The molecule has 8 heteroatoms. The molecule has 0 aromatic carbocycles. The highest BCUT2D eigenvalue weighted by Gasteiger charge is 2.28. The molecule has 280 valence electrons. The number of hydrogen-bond acceptors (Lipinski definition) is 6. The van der Waals surface area contributed by atoms with Gasteiger partial charge in [-0.3, -0.25) is 4.79 Å². The molecule has 0 aliphatic heterocycles. The number of aliphatic hydroxyl groups is 2. The van der Waals surface area contributed by atoms with Crippen molar-refractivity contribution in [1.29, 1.82) is 0 Å². The molecular formula is C40H73NO7. The zero-order valence-corrected chi connectivity index (χ0v) is 30.8. The van der Waals surface area contributed by atoms with Crippen LogP contribution in [0.1, 0.15) is 187 Å².